The lowest BCUT2D eigenvalue weighted by atomic mass is 10.2. The van der Waals surface area contributed by atoms with Crippen LogP contribution in [0.25, 0.3) is 10.8 Å². The molecule has 0 amide bonds. The van der Waals surface area contributed by atoms with Crippen molar-refractivity contribution in [2.24, 2.45) is 0 Å². The van der Waals surface area contributed by atoms with E-state index in [0.29, 0.717) is 18.2 Å². The second kappa shape index (κ2) is 6.61. The van der Waals surface area contributed by atoms with E-state index in [1.807, 2.05) is 30.5 Å². The van der Waals surface area contributed by atoms with Crippen molar-refractivity contribution in [1.29, 1.82) is 0 Å². The SMILES string of the molecule is Cc1cccc(S(=O)(=O)NCCc2nnc(-c3cccs3)o2)c1. The predicted octanol–water partition coefficient (Wildman–Crippen LogP) is 2.63. The van der Waals surface area contributed by atoms with E-state index in [2.05, 4.69) is 14.9 Å². The van der Waals surface area contributed by atoms with Gasteiger partial charge in [-0.1, -0.05) is 18.2 Å². The molecule has 8 heteroatoms. The molecule has 0 aliphatic rings. The molecule has 0 atom stereocenters. The molecule has 2 aromatic heterocycles. The van der Waals surface area contributed by atoms with Crippen molar-refractivity contribution in [2.45, 2.75) is 18.2 Å². The van der Waals surface area contributed by atoms with E-state index in [1.165, 1.54) is 11.3 Å². The Kier molecular flexibility index (Phi) is 4.56. The summed E-state index contributed by atoms with van der Waals surface area (Å²) in [5.41, 5.74) is 0.894. The van der Waals surface area contributed by atoms with Gasteiger partial charge in [0, 0.05) is 13.0 Å². The fraction of sp³-hybridized carbons (Fsp3) is 0.200. The summed E-state index contributed by atoms with van der Waals surface area (Å²) in [6.45, 7) is 2.05. The normalized spacial score (nSPS) is 11.7. The topological polar surface area (TPSA) is 85.1 Å². The number of aryl methyl sites for hydroxylation is 1. The minimum Gasteiger partial charge on any atom is -0.420 e. The standard InChI is InChI=1S/C15H15N3O3S2/c1-11-4-2-5-12(10-11)23(19,20)16-8-7-14-17-18-15(21-14)13-6-3-9-22-13/h2-6,9-10,16H,7-8H2,1H3. The van der Waals surface area contributed by atoms with Crippen molar-refractivity contribution >= 4 is 21.4 Å². The van der Waals surface area contributed by atoms with Crippen molar-refractivity contribution in [3.63, 3.8) is 0 Å². The van der Waals surface area contributed by atoms with Crippen molar-refractivity contribution in [1.82, 2.24) is 14.9 Å². The van der Waals surface area contributed by atoms with Crippen molar-refractivity contribution in [3.05, 3.63) is 53.2 Å². The highest BCUT2D eigenvalue weighted by molar-refractivity contribution is 7.89. The van der Waals surface area contributed by atoms with Crippen LogP contribution in [-0.4, -0.2) is 25.2 Å². The van der Waals surface area contributed by atoms with Gasteiger partial charge in [-0.15, -0.1) is 21.5 Å². The minimum atomic E-state index is -3.53. The van der Waals surface area contributed by atoms with Crippen LogP contribution in [0.5, 0.6) is 0 Å². The monoisotopic (exact) mass is 349 g/mol. The van der Waals surface area contributed by atoms with Gasteiger partial charge < -0.3 is 4.42 Å². The molecule has 1 N–H and O–H groups in total. The second-order valence-corrected chi connectivity index (χ2v) is 7.66. The quantitative estimate of drug-likeness (QED) is 0.739. The zero-order valence-electron chi connectivity index (χ0n) is 12.4. The fourth-order valence-corrected chi connectivity index (χ4v) is 3.79. The summed E-state index contributed by atoms with van der Waals surface area (Å²) in [6.07, 6.45) is 0.337. The Bertz CT molecular complexity index is 886. The summed E-state index contributed by atoms with van der Waals surface area (Å²) in [4.78, 5) is 1.14. The number of nitrogens with one attached hydrogen (secondary N) is 1. The van der Waals surface area contributed by atoms with Crippen molar-refractivity contribution in [2.75, 3.05) is 6.54 Å². The molecule has 6 nitrogen and oxygen atoms in total. The van der Waals surface area contributed by atoms with E-state index in [9.17, 15) is 8.42 Å². The summed E-state index contributed by atoms with van der Waals surface area (Å²) in [5, 5.41) is 9.82. The fourth-order valence-electron chi connectivity index (χ4n) is 2.01. The van der Waals surface area contributed by atoms with Gasteiger partial charge in [-0.2, -0.15) is 0 Å². The summed E-state index contributed by atoms with van der Waals surface area (Å²) < 4.78 is 32.4. The van der Waals surface area contributed by atoms with Gasteiger partial charge in [0.1, 0.15) is 0 Å². The maximum absolute atomic E-state index is 12.2. The maximum Gasteiger partial charge on any atom is 0.257 e. The lowest BCUT2D eigenvalue weighted by molar-refractivity contribution is 0.503. The Morgan fingerprint density at radius 2 is 2.09 bits per heavy atom. The molecule has 120 valence electrons. The smallest absolute Gasteiger partial charge is 0.257 e. The highest BCUT2D eigenvalue weighted by Crippen LogP contribution is 2.22. The largest absolute Gasteiger partial charge is 0.420 e. The Morgan fingerprint density at radius 1 is 1.22 bits per heavy atom. The van der Waals surface area contributed by atoms with E-state index in [-0.39, 0.29) is 11.4 Å². The molecule has 0 unspecified atom stereocenters. The van der Waals surface area contributed by atoms with Gasteiger partial charge in [0.2, 0.25) is 15.9 Å². The molecule has 0 fully saturated rings. The summed E-state index contributed by atoms with van der Waals surface area (Å²) in [6, 6.07) is 10.6. The molecule has 0 saturated carbocycles. The van der Waals surface area contributed by atoms with Gasteiger partial charge in [-0.3, -0.25) is 0 Å². The van der Waals surface area contributed by atoms with E-state index < -0.39 is 10.0 Å². The Morgan fingerprint density at radius 3 is 2.83 bits per heavy atom. The molecule has 1 aromatic carbocycles. The second-order valence-electron chi connectivity index (χ2n) is 4.94. The molecule has 3 aromatic rings. The number of thiophene rings is 1. The zero-order valence-corrected chi connectivity index (χ0v) is 14.0. The molecule has 2 heterocycles. The number of aromatic nitrogens is 2. The van der Waals surface area contributed by atoms with Gasteiger partial charge in [0.15, 0.2) is 0 Å². The van der Waals surface area contributed by atoms with E-state index in [4.69, 9.17) is 4.42 Å². The lowest BCUT2D eigenvalue weighted by Crippen LogP contribution is -2.26. The molecule has 0 aliphatic heterocycles. The number of hydrogen-bond acceptors (Lipinski definition) is 6. The van der Waals surface area contributed by atoms with Crippen LogP contribution in [0.15, 0.2) is 51.1 Å². The van der Waals surface area contributed by atoms with Crippen molar-refractivity contribution in [3.8, 4) is 10.8 Å². The third-order valence-corrected chi connectivity index (χ3v) is 5.45. The Hall–Kier alpha value is -2.03. The third kappa shape index (κ3) is 3.84. The number of hydrogen-bond donors (Lipinski definition) is 1. The first-order valence-electron chi connectivity index (χ1n) is 6.97. The van der Waals surface area contributed by atoms with Crippen LogP contribution in [-0.2, 0) is 16.4 Å². The molecule has 3 rings (SSSR count). The van der Waals surface area contributed by atoms with Crippen LogP contribution in [0.3, 0.4) is 0 Å². The third-order valence-electron chi connectivity index (χ3n) is 3.13. The van der Waals surface area contributed by atoms with E-state index in [0.717, 1.165) is 10.4 Å². The molecule has 23 heavy (non-hydrogen) atoms. The van der Waals surface area contributed by atoms with Crippen LogP contribution in [0, 0.1) is 6.92 Å². The molecule has 0 radical (unpaired) electrons. The highest BCUT2D eigenvalue weighted by atomic mass is 32.2. The minimum absolute atomic E-state index is 0.197. The first-order chi connectivity index (χ1) is 11.0. The van der Waals surface area contributed by atoms with Gasteiger partial charge >= 0.3 is 0 Å². The molecule has 0 spiro atoms. The average molecular weight is 349 g/mol. The first kappa shape index (κ1) is 15.9. The van der Waals surface area contributed by atoms with Crippen LogP contribution in [0.1, 0.15) is 11.5 Å². The Balaban J connectivity index is 1.61. The van der Waals surface area contributed by atoms with Crippen LogP contribution in [0.2, 0.25) is 0 Å². The van der Waals surface area contributed by atoms with Gasteiger partial charge in [-0.25, -0.2) is 13.1 Å². The molecule has 0 aliphatic carbocycles. The van der Waals surface area contributed by atoms with Crippen LogP contribution < -0.4 is 4.72 Å². The first-order valence-corrected chi connectivity index (χ1v) is 9.33. The van der Waals surface area contributed by atoms with E-state index >= 15 is 0 Å². The summed E-state index contributed by atoms with van der Waals surface area (Å²) in [7, 11) is -3.53. The number of benzene rings is 1. The predicted molar refractivity (Wildman–Crippen MR) is 87.7 cm³/mol. The molecule has 0 saturated heterocycles. The van der Waals surface area contributed by atoms with E-state index in [1.54, 1.807) is 18.2 Å². The van der Waals surface area contributed by atoms with Gasteiger partial charge in [0.25, 0.3) is 5.89 Å². The maximum atomic E-state index is 12.2. The zero-order chi connectivity index (χ0) is 16.3. The Labute approximate surface area is 138 Å². The number of nitrogens with zero attached hydrogens (tertiary/aromatic N) is 2. The lowest BCUT2D eigenvalue weighted by Gasteiger charge is -2.06. The molecular weight excluding hydrogens is 334 g/mol. The number of rotatable bonds is 6. The van der Waals surface area contributed by atoms with Gasteiger partial charge in [-0.05, 0) is 36.1 Å². The summed E-state index contributed by atoms with van der Waals surface area (Å²) >= 11 is 1.51. The average Bonchev–Trinajstić information content (AvgIpc) is 3.18. The van der Waals surface area contributed by atoms with Crippen LogP contribution >= 0.6 is 11.3 Å². The van der Waals surface area contributed by atoms with Crippen molar-refractivity contribution < 1.29 is 12.8 Å². The molecular formula is C15H15N3O3S2. The highest BCUT2D eigenvalue weighted by Gasteiger charge is 2.15. The van der Waals surface area contributed by atoms with Gasteiger partial charge in [0.05, 0.1) is 9.77 Å². The summed E-state index contributed by atoms with van der Waals surface area (Å²) in [5.74, 6) is 0.858. The number of sulfonamides is 1. The molecule has 0 bridgehead atoms. The van der Waals surface area contributed by atoms with Crippen LogP contribution in [0.4, 0.5) is 0 Å².